The fraction of sp³-hybridized carbons (Fsp3) is 0.353. The van der Waals surface area contributed by atoms with Crippen LogP contribution in [0.2, 0.25) is 0 Å². The van der Waals surface area contributed by atoms with Crippen LogP contribution in [0.25, 0.3) is 11.2 Å². The number of fused-ring (bicyclic) bond motifs is 1. The lowest BCUT2D eigenvalue weighted by atomic mass is 10.4. The number of rotatable bonds is 4. The topological polar surface area (TPSA) is 99.2 Å². The fourth-order valence-corrected chi connectivity index (χ4v) is 6.59. The molecule has 4 rings (SSSR count). The summed E-state index contributed by atoms with van der Waals surface area (Å²) in [7, 11) is -0.669. The number of aryl methyl sites for hydroxylation is 1. The van der Waals surface area contributed by atoms with Gasteiger partial charge in [0.25, 0.3) is 5.56 Å². The molecular weight excluding hydrogens is 402 g/mol. The van der Waals surface area contributed by atoms with E-state index >= 15 is 0 Å². The zero-order valence-corrected chi connectivity index (χ0v) is 17.0. The first-order valence-corrected chi connectivity index (χ1v) is 11.1. The summed E-state index contributed by atoms with van der Waals surface area (Å²) >= 11 is 1.52. The number of hydrogen-bond donors (Lipinski definition) is 0. The second-order valence-electron chi connectivity index (χ2n) is 6.53. The Bertz CT molecular complexity index is 1260. The summed E-state index contributed by atoms with van der Waals surface area (Å²) in [6.07, 6.45) is 1.48. The van der Waals surface area contributed by atoms with Crippen molar-refractivity contribution >= 4 is 32.9 Å². The number of thioether (sulfide) groups is 1. The highest BCUT2D eigenvalue weighted by Crippen LogP contribution is 2.31. The molecule has 0 saturated carbocycles. The number of sulfonamides is 1. The van der Waals surface area contributed by atoms with Gasteiger partial charge in [-0.3, -0.25) is 13.9 Å². The largest absolute Gasteiger partial charge is 0.332 e. The van der Waals surface area contributed by atoms with Crippen LogP contribution in [0.4, 0.5) is 0 Å². The number of aromatic nitrogens is 4. The third kappa shape index (κ3) is 2.90. The Hall–Kier alpha value is -2.37. The number of imidazole rings is 1. The Morgan fingerprint density at radius 2 is 1.86 bits per heavy atom. The van der Waals surface area contributed by atoms with E-state index in [4.69, 9.17) is 0 Å². The van der Waals surface area contributed by atoms with Crippen molar-refractivity contribution in [3.05, 3.63) is 57.5 Å². The molecule has 1 fully saturated rings. The van der Waals surface area contributed by atoms with Crippen molar-refractivity contribution in [2.24, 2.45) is 14.1 Å². The highest BCUT2D eigenvalue weighted by atomic mass is 32.2. The quantitative estimate of drug-likeness (QED) is 0.597. The molecule has 1 saturated heterocycles. The Morgan fingerprint density at radius 1 is 1.14 bits per heavy atom. The average Bonchev–Trinajstić information content (AvgIpc) is 3.33. The summed E-state index contributed by atoms with van der Waals surface area (Å²) in [6.45, 7) is 0.663. The molecule has 11 heteroatoms. The molecule has 1 aromatic carbocycles. The van der Waals surface area contributed by atoms with Gasteiger partial charge in [-0.25, -0.2) is 18.2 Å². The van der Waals surface area contributed by atoms with E-state index in [0.29, 0.717) is 12.3 Å². The molecule has 0 N–H and O–H groups in total. The number of hydrogen-bond acceptors (Lipinski definition) is 6. The molecule has 9 nitrogen and oxygen atoms in total. The van der Waals surface area contributed by atoms with Gasteiger partial charge in [-0.15, -0.1) is 11.8 Å². The lowest BCUT2D eigenvalue weighted by Crippen LogP contribution is -2.39. The van der Waals surface area contributed by atoms with Gasteiger partial charge in [-0.1, -0.05) is 18.2 Å². The van der Waals surface area contributed by atoms with E-state index in [1.807, 2.05) is 0 Å². The zero-order valence-electron chi connectivity index (χ0n) is 15.3. The lowest BCUT2D eigenvalue weighted by Gasteiger charge is -2.23. The lowest BCUT2D eigenvalue weighted by molar-refractivity contribution is 0.400. The maximum absolute atomic E-state index is 13.0. The molecule has 0 spiro atoms. The summed E-state index contributed by atoms with van der Waals surface area (Å²) in [5.41, 5.74) is -0.329. The molecule has 0 aliphatic carbocycles. The predicted octanol–water partition coefficient (Wildman–Crippen LogP) is 0.197. The monoisotopic (exact) mass is 421 g/mol. The maximum Gasteiger partial charge on any atom is 0.332 e. The van der Waals surface area contributed by atoms with Crippen LogP contribution < -0.4 is 11.2 Å². The molecule has 28 heavy (non-hydrogen) atoms. The molecule has 1 unspecified atom stereocenters. The second-order valence-corrected chi connectivity index (χ2v) is 9.71. The van der Waals surface area contributed by atoms with Crippen molar-refractivity contribution in [1.29, 1.82) is 0 Å². The molecule has 1 aliphatic heterocycles. The van der Waals surface area contributed by atoms with Crippen LogP contribution in [0.5, 0.6) is 0 Å². The van der Waals surface area contributed by atoms with E-state index in [1.54, 1.807) is 41.9 Å². The van der Waals surface area contributed by atoms with Crippen LogP contribution in [-0.2, 0) is 30.7 Å². The molecule has 3 heterocycles. The van der Waals surface area contributed by atoms with E-state index in [2.05, 4.69) is 4.98 Å². The predicted molar refractivity (Wildman–Crippen MR) is 107 cm³/mol. The zero-order chi connectivity index (χ0) is 20.1. The van der Waals surface area contributed by atoms with Crippen molar-refractivity contribution in [3.8, 4) is 0 Å². The first-order valence-electron chi connectivity index (χ1n) is 8.61. The van der Waals surface area contributed by atoms with Gasteiger partial charge < -0.3 is 4.57 Å². The van der Waals surface area contributed by atoms with Crippen LogP contribution in [-0.4, -0.2) is 49.1 Å². The molecule has 0 bridgehead atoms. The summed E-state index contributed by atoms with van der Waals surface area (Å²) in [5.74, 6) is 0.667. The Kier molecular flexibility index (Phi) is 4.68. The highest BCUT2D eigenvalue weighted by molar-refractivity contribution is 8.01. The van der Waals surface area contributed by atoms with Gasteiger partial charge in [0.15, 0.2) is 11.2 Å². The third-order valence-electron chi connectivity index (χ3n) is 4.86. The SMILES string of the molecule is Cn1c(=O)c2c(ncn2CC2SCCN2S(=O)(=O)c2ccccc2)n(C)c1=O. The van der Waals surface area contributed by atoms with Crippen LogP contribution in [0.3, 0.4) is 0 Å². The smallest absolute Gasteiger partial charge is 0.322 e. The van der Waals surface area contributed by atoms with Crippen molar-refractivity contribution in [1.82, 2.24) is 23.0 Å². The summed E-state index contributed by atoms with van der Waals surface area (Å²) in [4.78, 5) is 29.1. The van der Waals surface area contributed by atoms with Crippen molar-refractivity contribution in [2.75, 3.05) is 12.3 Å². The average molecular weight is 422 g/mol. The van der Waals surface area contributed by atoms with Crippen LogP contribution in [0, 0.1) is 0 Å². The summed E-state index contributed by atoms with van der Waals surface area (Å²) in [5, 5.41) is -0.371. The molecular formula is C17H19N5O4S2. The Labute approximate surface area is 165 Å². The summed E-state index contributed by atoms with van der Waals surface area (Å²) in [6, 6.07) is 8.31. The van der Waals surface area contributed by atoms with Crippen molar-refractivity contribution < 1.29 is 8.42 Å². The molecule has 1 atom stereocenters. The van der Waals surface area contributed by atoms with Gasteiger partial charge in [-0.05, 0) is 12.1 Å². The molecule has 2 aromatic heterocycles. The van der Waals surface area contributed by atoms with E-state index in [0.717, 1.165) is 4.57 Å². The fourth-order valence-electron chi connectivity index (χ4n) is 3.36. The normalized spacial score (nSPS) is 18.1. The first kappa shape index (κ1) is 19.0. The van der Waals surface area contributed by atoms with Gasteiger partial charge in [0.05, 0.1) is 23.1 Å². The van der Waals surface area contributed by atoms with Gasteiger partial charge in [0, 0.05) is 26.4 Å². The summed E-state index contributed by atoms with van der Waals surface area (Å²) < 4.78 is 31.5. The maximum atomic E-state index is 13.0. The molecule has 0 radical (unpaired) electrons. The minimum atomic E-state index is -3.64. The van der Waals surface area contributed by atoms with Gasteiger partial charge in [0.2, 0.25) is 10.0 Å². The highest BCUT2D eigenvalue weighted by Gasteiger charge is 2.36. The van der Waals surface area contributed by atoms with E-state index in [-0.39, 0.29) is 28.0 Å². The van der Waals surface area contributed by atoms with Gasteiger partial charge >= 0.3 is 5.69 Å². The second kappa shape index (κ2) is 6.90. The third-order valence-corrected chi connectivity index (χ3v) is 8.13. The van der Waals surface area contributed by atoms with Crippen molar-refractivity contribution in [2.45, 2.75) is 16.8 Å². The molecule has 0 amide bonds. The Balaban J connectivity index is 1.74. The van der Waals surface area contributed by atoms with Gasteiger partial charge in [-0.2, -0.15) is 4.31 Å². The minimum absolute atomic E-state index is 0.247. The number of nitrogens with zero attached hydrogens (tertiary/aromatic N) is 5. The van der Waals surface area contributed by atoms with E-state index in [1.165, 1.54) is 34.0 Å². The van der Waals surface area contributed by atoms with Crippen LogP contribution in [0.15, 0.2) is 51.1 Å². The van der Waals surface area contributed by atoms with Crippen molar-refractivity contribution in [3.63, 3.8) is 0 Å². The van der Waals surface area contributed by atoms with Crippen LogP contribution >= 0.6 is 11.8 Å². The van der Waals surface area contributed by atoms with Crippen LogP contribution in [0.1, 0.15) is 0 Å². The standard InChI is InChI=1S/C17H19N5O4S2/c1-19-15-14(16(23)20(2)17(19)24)21(11-18-15)10-13-22(8-9-27-13)28(25,26)12-6-4-3-5-7-12/h3-7,11,13H,8-10H2,1-2H3. The molecule has 3 aromatic rings. The first-order chi connectivity index (χ1) is 13.3. The van der Waals surface area contributed by atoms with E-state index in [9.17, 15) is 18.0 Å². The van der Waals surface area contributed by atoms with Gasteiger partial charge in [0.1, 0.15) is 0 Å². The molecule has 148 valence electrons. The Morgan fingerprint density at radius 3 is 2.57 bits per heavy atom. The van der Waals surface area contributed by atoms with E-state index < -0.39 is 21.3 Å². The molecule has 1 aliphatic rings. The minimum Gasteiger partial charge on any atom is -0.322 e. The number of benzene rings is 1.